The van der Waals surface area contributed by atoms with Crippen molar-refractivity contribution >= 4 is 23.5 Å². The van der Waals surface area contributed by atoms with E-state index in [1.807, 2.05) is 6.92 Å². The Morgan fingerprint density at radius 3 is 2.64 bits per heavy atom. The van der Waals surface area contributed by atoms with E-state index in [-0.39, 0.29) is 31.5 Å². The minimum absolute atomic E-state index is 0.0626. The number of ether oxygens (including phenoxy) is 1. The Morgan fingerprint density at radius 2 is 2.00 bits per heavy atom. The van der Waals surface area contributed by atoms with Crippen LogP contribution < -0.4 is 4.74 Å². The van der Waals surface area contributed by atoms with Crippen LogP contribution in [0, 0.1) is 5.92 Å². The van der Waals surface area contributed by atoms with E-state index >= 15 is 0 Å². The number of benzene rings is 1. The molecule has 1 amide bonds. The third-order valence-electron chi connectivity index (χ3n) is 3.95. The van der Waals surface area contributed by atoms with E-state index in [1.54, 1.807) is 29.2 Å². The summed E-state index contributed by atoms with van der Waals surface area (Å²) in [6.07, 6.45) is 1.58. The van der Waals surface area contributed by atoms with Crippen LogP contribution in [0.3, 0.4) is 0 Å². The second kappa shape index (κ2) is 7.49. The van der Waals surface area contributed by atoms with Crippen LogP contribution in [0.5, 0.6) is 5.75 Å². The summed E-state index contributed by atoms with van der Waals surface area (Å²) in [4.78, 5) is 25.0. The SMILES string of the molecule is CC1CCC(C(=O)O)CN1C(=O)CCOc1ccc(Cl)cc1. The van der Waals surface area contributed by atoms with Crippen molar-refractivity contribution in [1.29, 1.82) is 0 Å². The smallest absolute Gasteiger partial charge is 0.308 e. The molecule has 0 saturated carbocycles. The van der Waals surface area contributed by atoms with Gasteiger partial charge in [-0.25, -0.2) is 0 Å². The summed E-state index contributed by atoms with van der Waals surface area (Å²) in [6, 6.07) is 7.03. The molecule has 1 N–H and O–H groups in total. The summed E-state index contributed by atoms with van der Waals surface area (Å²) in [7, 11) is 0. The Bertz CT molecular complexity index is 531. The maximum atomic E-state index is 12.3. The summed E-state index contributed by atoms with van der Waals surface area (Å²) in [5, 5.41) is 9.73. The van der Waals surface area contributed by atoms with Crippen LogP contribution in [-0.4, -0.2) is 41.1 Å². The van der Waals surface area contributed by atoms with Crippen molar-refractivity contribution in [2.75, 3.05) is 13.2 Å². The van der Waals surface area contributed by atoms with Gasteiger partial charge in [-0.15, -0.1) is 0 Å². The Hall–Kier alpha value is -1.75. The molecule has 6 heteroatoms. The number of likely N-dealkylation sites (tertiary alicyclic amines) is 1. The van der Waals surface area contributed by atoms with E-state index in [2.05, 4.69) is 0 Å². The average molecular weight is 326 g/mol. The molecular formula is C16H20ClNO4. The van der Waals surface area contributed by atoms with E-state index in [0.717, 1.165) is 6.42 Å². The molecule has 2 rings (SSSR count). The molecule has 1 heterocycles. The van der Waals surface area contributed by atoms with Crippen LogP contribution in [0.25, 0.3) is 0 Å². The van der Waals surface area contributed by atoms with Crippen molar-refractivity contribution in [3.63, 3.8) is 0 Å². The third-order valence-corrected chi connectivity index (χ3v) is 4.20. The molecule has 120 valence electrons. The molecule has 22 heavy (non-hydrogen) atoms. The number of carbonyl (C=O) groups is 2. The van der Waals surface area contributed by atoms with Gasteiger partial charge in [0, 0.05) is 17.6 Å². The first-order valence-corrected chi connectivity index (χ1v) is 7.76. The Labute approximate surface area is 134 Å². The number of carbonyl (C=O) groups excluding carboxylic acids is 1. The molecule has 1 aromatic carbocycles. The van der Waals surface area contributed by atoms with Gasteiger partial charge in [0.15, 0.2) is 0 Å². The zero-order chi connectivity index (χ0) is 16.1. The van der Waals surface area contributed by atoms with Crippen molar-refractivity contribution in [2.45, 2.75) is 32.2 Å². The van der Waals surface area contributed by atoms with Crippen LogP contribution >= 0.6 is 11.6 Å². The third kappa shape index (κ3) is 4.37. The lowest BCUT2D eigenvalue weighted by Gasteiger charge is -2.36. The highest BCUT2D eigenvalue weighted by molar-refractivity contribution is 6.30. The van der Waals surface area contributed by atoms with E-state index in [0.29, 0.717) is 17.2 Å². The molecule has 1 aliphatic heterocycles. The second-order valence-electron chi connectivity index (χ2n) is 5.56. The zero-order valence-electron chi connectivity index (χ0n) is 12.5. The largest absolute Gasteiger partial charge is 0.493 e. The number of aliphatic carboxylic acids is 1. The summed E-state index contributed by atoms with van der Waals surface area (Å²) in [5.41, 5.74) is 0. The first kappa shape index (κ1) is 16.6. The van der Waals surface area contributed by atoms with Crippen LogP contribution in [0.4, 0.5) is 0 Å². The number of piperidine rings is 1. The standard InChI is InChI=1S/C16H20ClNO4/c1-11-2-3-12(16(20)21)10-18(11)15(19)8-9-22-14-6-4-13(17)5-7-14/h4-7,11-12H,2-3,8-10H2,1H3,(H,20,21). The van der Waals surface area contributed by atoms with Gasteiger partial charge in [-0.1, -0.05) is 11.6 Å². The van der Waals surface area contributed by atoms with Gasteiger partial charge in [0.2, 0.25) is 5.91 Å². The van der Waals surface area contributed by atoms with Crippen LogP contribution in [-0.2, 0) is 9.59 Å². The number of rotatable bonds is 5. The monoisotopic (exact) mass is 325 g/mol. The van der Waals surface area contributed by atoms with Gasteiger partial charge in [0.25, 0.3) is 0 Å². The Morgan fingerprint density at radius 1 is 1.32 bits per heavy atom. The summed E-state index contributed by atoms with van der Waals surface area (Å²) >= 11 is 5.79. The molecule has 1 aromatic rings. The highest BCUT2D eigenvalue weighted by Crippen LogP contribution is 2.23. The first-order chi connectivity index (χ1) is 10.5. The van der Waals surface area contributed by atoms with E-state index in [9.17, 15) is 9.59 Å². The molecule has 2 atom stereocenters. The predicted molar refractivity (Wildman–Crippen MR) is 83.1 cm³/mol. The molecule has 5 nitrogen and oxygen atoms in total. The highest BCUT2D eigenvalue weighted by atomic mass is 35.5. The molecular weight excluding hydrogens is 306 g/mol. The fraction of sp³-hybridized carbons (Fsp3) is 0.500. The first-order valence-electron chi connectivity index (χ1n) is 7.38. The predicted octanol–water partition coefficient (Wildman–Crippen LogP) is 2.82. The molecule has 1 fully saturated rings. The lowest BCUT2D eigenvalue weighted by atomic mass is 9.93. The number of halogens is 1. The molecule has 2 unspecified atom stereocenters. The summed E-state index contributed by atoms with van der Waals surface area (Å²) < 4.78 is 5.51. The van der Waals surface area contributed by atoms with Gasteiger partial charge in [-0.2, -0.15) is 0 Å². The number of carboxylic acid groups (broad SMARTS) is 1. The molecule has 0 bridgehead atoms. The Balaban J connectivity index is 1.82. The molecule has 0 radical (unpaired) electrons. The number of hydrogen-bond donors (Lipinski definition) is 1. The molecule has 0 spiro atoms. The normalized spacial score (nSPS) is 21.5. The maximum absolute atomic E-state index is 12.3. The second-order valence-corrected chi connectivity index (χ2v) is 6.00. The molecule has 0 aliphatic carbocycles. The summed E-state index contributed by atoms with van der Waals surface area (Å²) in [5.74, 6) is -0.695. The van der Waals surface area contributed by atoms with Crippen LogP contribution in [0.15, 0.2) is 24.3 Å². The average Bonchev–Trinajstić information content (AvgIpc) is 2.49. The molecule has 1 aliphatic rings. The van der Waals surface area contributed by atoms with Crippen molar-refractivity contribution in [3.05, 3.63) is 29.3 Å². The van der Waals surface area contributed by atoms with Crippen LogP contribution in [0.1, 0.15) is 26.2 Å². The number of hydrogen-bond acceptors (Lipinski definition) is 3. The lowest BCUT2D eigenvalue weighted by molar-refractivity contribution is -0.147. The number of amides is 1. The van der Waals surface area contributed by atoms with E-state index in [1.165, 1.54) is 0 Å². The van der Waals surface area contributed by atoms with Crippen molar-refractivity contribution in [2.24, 2.45) is 5.92 Å². The summed E-state index contributed by atoms with van der Waals surface area (Å²) in [6.45, 7) is 2.51. The van der Waals surface area contributed by atoms with Crippen molar-refractivity contribution in [1.82, 2.24) is 4.90 Å². The van der Waals surface area contributed by atoms with Gasteiger partial charge in [-0.05, 0) is 44.0 Å². The molecule has 0 aromatic heterocycles. The minimum Gasteiger partial charge on any atom is -0.493 e. The van der Waals surface area contributed by atoms with E-state index < -0.39 is 11.9 Å². The topological polar surface area (TPSA) is 66.8 Å². The lowest BCUT2D eigenvalue weighted by Crippen LogP contribution is -2.47. The fourth-order valence-electron chi connectivity index (χ4n) is 2.59. The molecule has 1 saturated heterocycles. The van der Waals surface area contributed by atoms with Gasteiger partial charge < -0.3 is 14.7 Å². The number of carboxylic acids is 1. The quantitative estimate of drug-likeness (QED) is 0.904. The zero-order valence-corrected chi connectivity index (χ0v) is 13.3. The minimum atomic E-state index is -0.831. The maximum Gasteiger partial charge on any atom is 0.308 e. The van der Waals surface area contributed by atoms with E-state index in [4.69, 9.17) is 21.4 Å². The van der Waals surface area contributed by atoms with Gasteiger partial charge in [0.1, 0.15) is 5.75 Å². The fourth-order valence-corrected chi connectivity index (χ4v) is 2.71. The van der Waals surface area contributed by atoms with Gasteiger partial charge in [0.05, 0.1) is 18.9 Å². The highest BCUT2D eigenvalue weighted by Gasteiger charge is 2.32. The van der Waals surface area contributed by atoms with Gasteiger partial charge in [-0.3, -0.25) is 9.59 Å². The Kier molecular flexibility index (Phi) is 5.66. The number of nitrogens with zero attached hydrogens (tertiary/aromatic N) is 1. The van der Waals surface area contributed by atoms with Crippen LogP contribution in [0.2, 0.25) is 5.02 Å². The van der Waals surface area contributed by atoms with Crippen molar-refractivity contribution in [3.8, 4) is 5.75 Å². The van der Waals surface area contributed by atoms with Gasteiger partial charge >= 0.3 is 5.97 Å². The van der Waals surface area contributed by atoms with Crippen molar-refractivity contribution < 1.29 is 19.4 Å².